The molecule has 0 radical (unpaired) electrons. The summed E-state index contributed by atoms with van der Waals surface area (Å²) in [5.74, 6) is 0.284. The lowest BCUT2D eigenvalue weighted by molar-refractivity contribution is -0.137. The Morgan fingerprint density at radius 3 is 3.12 bits per heavy atom. The van der Waals surface area contributed by atoms with Crippen molar-refractivity contribution in [3.63, 3.8) is 0 Å². The number of hydrogen-bond donors (Lipinski definition) is 2. The lowest BCUT2D eigenvalue weighted by Crippen LogP contribution is -2.12. The fourth-order valence-electron chi connectivity index (χ4n) is 2.04. The minimum absolute atomic E-state index is 0.101. The second-order valence-corrected chi connectivity index (χ2v) is 4.27. The van der Waals surface area contributed by atoms with E-state index in [9.17, 15) is 4.79 Å². The molecule has 0 saturated carbocycles. The van der Waals surface area contributed by atoms with Crippen molar-refractivity contribution < 1.29 is 9.90 Å². The molecule has 16 heavy (non-hydrogen) atoms. The molecule has 88 valence electrons. The number of nitrogens with zero attached hydrogens (tertiary/aromatic N) is 2. The van der Waals surface area contributed by atoms with Crippen molar-refractivity contribution >= 4 is 5.97 Å². The van der Waals surface area contributed by atoms with Crippen molar-refractivity contribution in [2.45, 2.75) is 44.7 Å². The van der Waals surface area contributed by atoms with E-state index in [0.717, 1.165) is 24.5 Å². The SMILES string of the molecule is NC(CCC(=O)O)c1cn2c(n1)CCCC2. The molecule has 0 amide bonds. The predicted octanol–water partition coefficient (Wildman–Crippen LogP) is 1.08. The van der Waals surface area contributed by atoms with Crippen LogP contribution < -0.4 is 5.73 Å². The fraction of sp³-hybridized carbons (Fsp3) is 0.636. The smallest absolute Gasteiger partial charge is 0.303 e. The normalized spacial score (nSPS) is 16.8. The number of nitrogens with two attached hydrogens (primary N) is 1. The van der Waals surface area contributed by atoms with Gasteiger partial charge in [-0.3, -0.25) is 4.79 Å². The van der Waals surface area contributed by atoms with Crippen molar-refractivity contribution in [2.24, 2.45) is 5.73 Å². The number of aryl methyl sites for hydroxylation is 2. The Bertz CT molecular complexity index is 363. The third kappa shape index (κ3) is 2.41. The molecule has 5 nitrogen and oxygen atoms in total. The Labute approximate surface area is 94.3 Å². The van der Waals surface area contributed by atoms with Crippen LogP contribution >= 0.6 is 0 Å². The number of aromatic nitrogens is 2. The molecule has 1 atom stereocenters. The molecule has 0 fully saturated rings. The molecular weight excluding hydrogens is 206 g/mol. The first-order valence-electron chi connectivity index (χ1n) is 5.70. The van der Waals surface area contributed by atoms with Crippen LogP contribution in [0.4, 0.5) is 0 Å². The third-order valence-electron chi connectivity index (χ3n) is 2.98. The summed E-state index contributed by atoms with van der Waals surface area (Å²) in [6.07, 6.45) is 5.90. The summed E-state index contributed by atoms with van der Waals surface area (Å²) < 4.78 is 2.14. The van der Waals surface area contributed by atoms with E-state index in [0.29, 0.717) is 6.42 Å². The fourth-order valence-corrected chi connectivity index (χ4v) is 2.04. The predicted molar refractivity (Wildman–Crippen MR) is 59.0 cm³/mol. The highest BCUT2D eigenvalue weighted by molar-refractivity contribution is 5.66. The monoisotopic (exact) mass is 223 g/mol. The van der Waals surface area contributed by atoms with Crippen molar-refractivity contribution in [1.82, 2.24) is 9.55 Å². The van der Waals surface area contributed by atoms with Crippen molar-refractivity contribution in [2.75, 3.05) is 0 Å². The zero-order valence-electron chi connectivity index (χ0n) is 9.22. The Kier molecular flexibility index (Phi) is 3.24. The summed E-state index contributed by atoms with van der Waals surface area (Å²) >= 11 is 0. The number of hydrogen-bond acceptors (Lipinski definition) is 3. The maximum Gasteiger partial charge on any atom is 0.303 e. The summed E-state index contributed by atoms with van der Waals surface area (Å²) in [5, 5.41) is 8.59. The van der Waals surface area contributed by atoms with Crippen LogP contribution in [-0.4, -0.2) is 20.6 Å². The summed E-state index contributed by atoms with van der Waals surface area (Å²) in [7, 11) is 0. The quantitative estimate of drug-likeness (QED) is 0.800. The first-order chi connectivity index (χ1) is 7.66. The van der Waals surface area contributed by atoms with Gasteiger partial charge in [-0.15, -0.1) is 0 Å². The maximum absolute atomic E-state index is 10.4. The van der Waals surface area contributed by atoms with E-state index in [-0.39, 0.29) is 12.5 Å². The van der Waals surface area contributed by atoms with Gasteiger partial charge in [-0.2, -0.15) is 0 Å². The van der Waals surface area contributed by atoms with Crippen LogP contribution in [0.1, 0.15) is 43.2 Å². The van der Waals surface area contributed by atoms with Gasteiger partial charge in [0.15, 0.2) is 0 Å². The first kappa shape index (κ1) is 11.1. The Balaban J connectivity index is 2.03. The van der Waals surface area contributed by atoms with Crippen molar-refractivity contribution in [1.29, 1.82) is 0 Å². The Hall–Kier alpha value is -1.36. The Morgan fingerprint density at radius 2 is 2.44 bits per heavy atom. The average molecular weight is 223 g/mol. The number of fused-ring (bicyclic) bond motifs is 1. The van der Waals surface area contributed by atoms with Gasteiger partial charge in [-0.05, 0) is 19.3 Å². The molecule has 5 heteroatoms. The average Bonchev–Trinajstić information content (AvgIpc) is 2.69. The van der Waals surface area contributed by atoms with Crippen LogP contribution in [0.5, 0.6) is 0 Å². The molecule has 1 aliphatic heterocycles. The number of carboxylic acids is 1. The van der Waals surface area contributed by atoms with Crippen LogP contribution in [0.2, 0.25) is 0 Å². The first-order valence-corrected chi connectivity index (χ1v) is 5.70. The molecule has 2 rings (SSSR count). The largest absolute Gasteiger partial charge is 0.481 e. The van der Waals surface area contributed by atoms with Gasteiger partial charge in [-0.25, -0.2) is 4.98 Å². The second-order valence-electron chi connectivity index (χ2n) is 4.27. The zero-order valence-corrected chi connectivity index (χ0v) is 9.22. The van der Waals surface area contributed by atoms with Gasteiger partial charge >= 0.3 is 5.97 Å². The molecule has 0 bridgehead atoms. The molecule has 1 aliphatic rings. The molecule has 0 aliphatic carbocycles. The van der Waals surface area contributed by atoms with Gasteiger partial charge in [0.2, 0.25) is 0 Å². The number of rotatable bonds is 4. The van der Waals surface area contributed by atoms with Crippen LogP contribution in [0, 0.1) is 0 Å². The van der Waals surface area contributed by atoms with Crippen LogP contribution in [0.25, 0.3) is 0 Å². The minimum Gasteiger partial charge on any atom is -0.481 e. The van der Waals surface area contributed by atoms with E-state index in [1.165, 1.54) is 12.8 Å². The molecule has 0 saturated heterocycles. The number of carboxylic acid groups (broad SMARTS) is 1. The standard InChI is InChI=1S/C11H17N3O2/c12-8(4-5-11(15)16)9-7-14-6-2-1-3-10(14)13-9/h7-8H,1-6,12H2,(H,15,16). The topological polar surface area (TPSA) is 81.1 Å². The molecule has 2 heterocycles. The van der Waals surface area contributed by atoms with Gasteiger partial charge in [0.25, 0.3) is 0 Å². The van der Waals surface area contributed by atoms with Crippen molar-refractivity contribution in [3.8, 4) is 0 Å². The van der Waals surface area contributed by atoms with Crippen LogP contribution in [-0.2, 0) is 17.8 Å². The van der Waals surface area contributed by atoms with Gasteiger partial charge in [0, 0.05) is 31.6 Å². The molecule has 1 aromatic rings. The van der Waals surface area contributed by atoms with Gasteiger partial charge in [-0.1, -0.05) is 0 Å². The van der Waals surface area contributed by atoms with Crippen LogP contribution in [0.3, 0.4) is 0 Å². The highest BCUT2D eigenvalue weighted by atomic mass is 16.4. The molecular formula is C11H17N3O2. The third-order valence-corrected chi connectivity index (χ3v) is 2.98. The highest BCUT2D eigenvalue weighted by Gasteiger charge is 2.16. The molecule has 0 spiro atoms. The summed E-state index contributed by atoms with van der Waals surface area (Å²) in [6.45, 7) is 1.01. The molecule has 3 N–H and O–H groups in total. The number of carbonyl (C=O) groups is 1. The van der Waals surface area contributed by atoms with Gasteiger partial charge < -0.3 is 15.4 Å². The zero-order chi connectivity index (χ0) is 11.5. The van der Waals surface area contributed by atoms with E-state index in [4.69, 9.17) is 10.8 Å². The van der Waals surface area contributed by atoms with E-state index in [1.54, 1.807) is 0 Å². The van der Waals surface area contributed by atoms with E-state index in [1.807, 2.05) is 6.20 Å². The lowest BCUT2D eigenvalue weighted by Gasteiger charge is -2.11. The number of aliphatic carboxylic acids is 1. The summed E-state index contributed by atoms with van der Waals surface area (Å²) in [4.78, 5) is 14.9. The molecule has 1 unspecified atom stereocenters. The van der Waals surface area contributed by atoms with Gasteiger partial charge in [0.05, 0.1) is 5.69 Å². The van der Waals surface area contributed by atoms with E-state index < -0.39 is 5.97 Å². The maximum atomic E-state index is 10.4. The molecule has 0 aromatic carbocycles. The van der Waals surface area contributed by atoms with E-state index in [2.05, 4.69) is 9.55 Å². The Morgan fingerprint density at radius 1 is 1.62 bits per heavy atom. The van der Waals surface area contributed by atoms with Gasteiger partial charge in [0.1, 0.15) is 5.82 Å². The summed E-state index contributed by atoms with van der Waals surface area (Å²) in [5.41, 5.74) is 6.75. The lowest BCUT2D eigenvalue weighted by atomic mass is 10.1. The van der Waals surface area contributed by atoms with Crippen LogP contribution in [0.15, 0.2) is 6.20 Å². The second kappa shape index (κ2) is 4.65. The highest BCUT2D eigenvalue weighted by Crippen LogP contribution is 2.19. The molecule has 1 aromatic heterocycles. The minimum atomic E-state index is -0.806. The number of imidazole rings is 1. The van der Waals surface area contributed by atoms with E-state index >= 15 is 0 Å². The van der Waals surface area contributed by atoms with Crippen molar-refractivity contribution in [3.05, 3.63) is 17.7 Å². The summed E-state index contributed by atoms with van der Waals surface area (Å²) in [6, 6.07) is -0.255.